The van der Waals surface area contributed by atoms with E-state index in [2.05, 4.69) is 10.2 Å². The number of methoxy groups -OCH3 is 1. The van der Waals surface area contributed by atoms with Crippen molar-refractivity contribution in [1.29, 1.82) is 0 Å². The van der Waals surface area contributed by atoms with Gasteiger partial charge in [0.15, 0.2) is 10.3 Å². The van der Waals surface area contributed by atoms with Crippen molar-refractivity contribution < 1.29 is 9.53 Å². The van der Waals surface area contributed by atoms with Crippen LogP contribution >= 0.6 is 23.2 Å². The van der Waals surface area contributed by atoms with E-state index < -0.39 is 0 Å². The van der Waals surface area contributed by atoms with Gasteiger partial charge >= 0.3 is 0 Å². The molecule has 0 spiro atoms. The lowest BCUT2D eigenvalue weighted by molar-refractivity contribution is 0.0672. The molecule has 7 heteroatoms. The molecule has 1 amide bonds. The molecule has 5 nitrogen and oxygen atoms in total. The molecule has 0 saturated carbocycles. The second-order valence-corrected chi connectivity index (χ2v) is 5.25. The van der Waals surface area contributed by atoms with Crippen molar-refractivity contribution in [3.8, 4) is 0 Å². The molecular weight excluding hydrogens is 289 g/mol. The monoisotopic (exact) mass is 305 g/mol. The number of rotatable bonds is 6. The SMILES string of the molecule is COCCN(CC(C)C)C(=O)c1cc(Cl)nnc1Cl. The van der Waals surface area contributed by atoms with Gasteiger partial charge in [-0.05, 0) is 12.0 Å². The summed E-state index contributed by atoms with van der Waals surface area (Å²) in [6.07, 6.45) is 0. The van der Waals surface area contributed by atoms with Crippen molar-refractivity contribution in [2.24, 2.45) is 5.92 Å². The van der Waals surface area contributed by atoms with Crippen molar-refractivity contribution in [3.05, 3.63) is 21.9 Å². The van der Waals surface area contributed by atoms with Gasteiger partial charge in [0.05, 0.1) is 12.2 Å². The highest BCUT2D eigenvalue weighted by Crippen LogP contribution is 2.18. The smallest absolute Gasteiger partial charge is 0.257 e. The zero-order valence-corrected chi connectivity index (χ0v) is 12.7. The summed E-state index contributed by atoms with van der Waals surface area (Å²) >= 11 is 11.6. The van der Waals surface area contributed by atoms with Crippen LogP contribution in [0.5, 0.6) is 0 Å². The van der Waals surface area contributed by atoms with Crippen molar-refractivity contribution in [2.75, 3.05) is 26.8 Å². The molecule has 0 fully saturated rings. The van der Waals surface area contributed by atoms with E-state index in [-0.39, 0.29) is 21.8 Å². The van der Waals surface area contributed by atoms with Crippen molar-refractivity contribution in [1.82, 2.24) is 15.1 Å². The molecule has 19 heavy (non-hydrogen) atoms. The van der Waals surface area contributed by atoms with E-state index in [9.17, 15) is 4.79 Å². The van der Waals surface area contributed by atoms with Gasteiger partial charge < -0.3 is 9.64 Å². The van der Waals surface area contributed by atoms with Crippen LogP contribution in [-0.4, -0.2) is 47.8 Å². The fourth-order valence-corrected chi connectivity index (χ4v) is 1.91. The zero-order valence-electron chi connectivity index (χ0n) is 11.2. The summed E-state index contributed by atoms with van der Waals surface area (Å²) in [5.74, 6) is 0.123. The van der Waals surface area contributed by atoms with Gasteiger partial charge in [-0.3, -0.25) is 4.79 Å². The van der Waals surface area contributed by atoms with E-state index in [0.717, 1.165) is 0 Å². The Balaban J connectivity index is 2.93. The summed E-state index contributed by atoms with van der Waals surface area (Å²) in [6.45, 7) is 5.63. The molecule has 0 aliphatic carbocycles. The van der Waals surface area contributed by atoms with Gasteiger partial charge in [0.2, 0.25) is 0 Å². The van der Waals surface area contributed by atoms with E-state index in [4.69, 9.17) is 27.9 Å². The Morgan fingerprint density at radius 1 is 1.42 bits per heavy atom. The number of carbonyl (C=O) groups is 1. The molecule has 0 aliphatic heterocycles. The van der Waals surface area contributed by atoms with Crippen LogP contribution in [0.3, 0.4) is 0 Å². The first kappa shape index (κ1) is 16.1. The minimum atomic E-state index is -0.215. The quantitative estimate of drug-likeness (QED) is 0.810. The van der Waals surface area contributed by atoms with Gasteiger partial charge in [-0.25, -0.2) is 0 Å². The second kappa shape index (κ2) is 7.62. The minimum absolute atomic E-state index is 0.0561. The molecule has 1 rings (SSSR count). The van der Waals surface area contributed by atoms with Gasteiger partial charge in [-0.1, -0.05) is 37.0 Å². The van der Waals surface area contributed by atoms with Crippen LogP contribution in [0.1, 0.15) is 24.2 Å². The van der Waals surface area contributed by atoms with Gasteiger partial charge in [0.25, 0.3) is 5.91 Å². The lowest BCUT2D eigenvalue weighted by Gasteiger charge is -2.24. The van der Waals surface area contributed by atoms with Gasteiger partial charge in [-0.2, -0.15) is 0 Å². The van der Waals surface area contributed by atoms with Gasteiger partial charge in [-0.15, -0.1) is 10.2 Å². The summed E-state index contributed by atoms with van der Waals surface area (Å²) in [7, 11) is 1.59. The predicted molar refractivity (Wildman–Crippen MR) is 74.7 cm³/mol. The molecule has 0 atom stereocenters. The number of amides is 1. The Kier molecular flexibility index (Phi) is 6.48. The third-order valence-electron chi connectivity index (χ3n) is 2.39. The van der Waals surface area contributed by atoms with Crippen LogP contribution in [-0.2, 0) is 4.74 Å². The maximum Gasteiger partial charge on any atom is 0.257 e. The lowest BCUT2D eigenvalue weighted by Crippen LogP contribution is -2.37. The number of hydrogen-bond donors (Lipinski definition) is 0. The first-order chi connectivity index (χ1) is 8.95. The molecule has 1 heterocycles. The highest BCUT2D eigenvalue weighted by atomic mass is 35.5. The minimum Gasteiger partial charge on any atom is -0.383 e. The molecule has 106 valence electrons. The summed E-state index contributed by atoms with van der Waals surface area (Å²) in [5, 5.41) is 7.44. The van der Waals surface area contributed by atoms with Crippen LogP contribution in [0.2, 0.25) is 10.3 Å². The fraction of sp³-hybridized carbons (Fsp3) is 0.583. The van der Waals surface area contributed by atoms with Crippen LogP contribution in [0.25, 0.3) is 0 Å². The van der Waals surface area contributed by atoms with E-state index in [1.54, 1.807) is 12.0 Å². The van der Waals surface area contributed by atoms with Crippen LogP contribution in [0.15, 0.2) is 6.07 Å². The summed E-state index contributed by atoms with van der Waals surface area (Å²) in [6, 6.07) is 1.43. The predicted octanol–water partition coefficient (Wildman–Crippen LogP) is 2.53. The molecule has 0 aliphatic rings. The number of aromatic nitrogens is 2. The number of carbonyl (C=O) groups excluding carboxylic acids is 1. The summed E-state index contributed by atoms with van der Waals surface area (Å²) in [5.41, 5.74) is 0.262. The molecule has 0 bridgehead atoms. The highest BCUT2D eigenvalue weighted by molar-refractivity contribution is 6.34. The first-order valence-corrected chi connectivity index (χ1v) is 6.68. The van der Waals surface area contributed by atoms with E-state index in [1.165, 1.54) is 6.07 Å². The third-order valence-corrected chi connectivity index (χ3v) is 2.85. The molecule has 0 N–H and O–H groups in total. The Hall–Kier alpha value is -0.910. The standard InChI is InChI=1S/C12H17Cl2N3O2/c1-8(2)7-17(4-5-19-3)12(18)9-6-10(13)15-16-11(9)14/h6,8H,4-5,7H2,1-3H3. The van der Waals surface area contributed by atoms with Crippen molar-refractivity contribution in [3.63, 3.8) is 0 Å². The second-order valence-electron chi connectivity index (χ2n) is 4.51. The van der Waals surface area contributed by atoms with Gasteiger partial charge in [0, 0.05) is 20.2 Å². The Morgan fingerprint density at radius 3 is 2.68 bits per heavy atom. The molecular formula is C12H17Cl2N3O2. The maximum atomic E-state index is 12.4. The average Bonchev–Trinajstić information content (AvgIpc) is 2.36. The Labute approximate surface area is 122 Å². The molecule has 0 aromatic carbocycles. The summed E-state index contributed by atoms with van der Waals surface area (Å²) < 4.78 is 5.01. The molecule has 0 saturated heterocycles. The van der Waals surface area contributed by atoms with E-state index in [0.29, 0.717) is 25.6 Å². The van der Waals surface area contributed by atoms with Crippen LogP contribution < -0.4 is 0 Å². The maximum absolute atomic E-state index is 12.4. The lowest BCUT2D eigenvalue weighted by atomic mass is 10.2. The molecule has 1 aromatic heterocycles. The van der Waals surface area contributed by atoms with Crippen molar-refractivity contribution in [2.45, 2.75) is 13.8 Å². The average molecular weight is 306 g/mol. The molecule has 0 radical (unpaired) electrons. The Morgan fingerprint density at radius 2 is 2.11 bits per heavy atom. The largest absolute Gasteiger partial charge is 0.383 e. The van der Waals surface area contributed by atoms with Crippen LogP contribution in [0.4, 0.5) is 0 Å². The fourth-order valence-electron chi connectivity index (χ4n) is 1.59. The molecule has 0 unspecified atom stereocenters. The van der Waals surface area contributed by atoms with Crippen LogP contribution in [0, 0.1) is 5.92 Å². The number of halogens is 2. The zero-order chi connectivity index (χ0) is 14.4. The third kappa shape index (κ3) is 4.93. The number of nitrogens with zero attached hydrogens (tertiary/aromatic N) is 3. The normalized spacial score (nSPS) is 10.8. The van der Waals surface area contributed by atoms with Gasteiger partial charge in [0.1, 0.15) is 0 Å². The Bertz CT molecular complexity index is 441. The summed E-state index contributed by atoms with van der Waals surface area (Å²) in [4.78, 5) is 14.1. The van der Waals surface area contributed by atoms with E-state index >= 15 is 0 Å². The van der Waals surface area contributed by atoms with Crippen molar-refractivity contribution >= 4 is 29.1 Å². The topological polar surface area (TPSA) is 55.3 Å². The number of ether oxygens (including phenoxy) is 1. The van der Waals surface area contributed by atoms with E-state index in [1.807, 2.05) is 13.8 Å². The number of hydrogen-bond acceptors (Lipinski definition) is 4. The highest BCUT2D eigenvalue weighted by Gasteiger charge is 2.20. The first-order valence-electron chi connectivity index (χ1n) is 5.92. The molecule has 1 aromatic rings.